The topological polar surface area (TPSA) is 26.3 Å². The van der Waals surface area contributed by atoms with Gasteiger partial charge in [0.15, 0.2) is 0 Å². The Hall–Kier alpha value is 0.190. The molecule has 0 amide bonds. The molecule has 0 aromatic rings. The lowest BCUT2D eigenvalue weighted by Gasteiger charge is -2.27. The highest BCUT2D eigenvalue weighted by Crippen LogP contribution is 2.55. The first-order chi connectivity index (χ1) is 9.81. The zero-order chi connectivity index (χ0) is 16.2. The van der Waals surface area contributed by atoms with Gasteiger partial charge in [0.05, 0.1) is 6.61 Å². The lowest BCUT2D eigenvalue weighted by molar-refractivity contribution is 0.292. The second kappa shape index (κ2) is 11.7. The SMILES string of the molecule is CCCCCCCCCCCCCOP(C)(=O)C(C)(C)C. The van der Waals surface area contributed by atoms with E-state index in [1.807, 2.05) is 20.8 Å². The van der Waals surface area contributed by atoms with Crippen molar-refractivity contribution >= 4 is 7.37 Å². The van der Waals surface area contributed by atoms with Crippen LogP contribution in [0.15, 0.2) is 0 Å². The van der Waals surface area contributed by atoms with E-state index in [-0.39, 0.29) is 5.16 Å². The van der Waals surface area contributed by atoms with E-state index in [4.69, 9.17) is 4.52 Å². The second-order valence-corrected chi connectivity index (χ2v) is 10.7. The van der Waals surface area contributed by atoms with Crippen molar-refractivity contribution in [3.05, 3.63) is 0 Å². The molecule has 2 nitrogen and oxygen atoms in total. The molecule has 0 heterocycles. The zero-order valence-electron chi connectivity index (χ0n) is 15.2. The molecule has 0 saturated heterocycles. The predicted octanol–water partition coefficient (Wildman–Crippen LogP) is 7.02. The predicted molar refractivity (Wildman–Crippen MR) is 95.7 cm³/mol. The summed E-state index contributed by atoms with van der Waals surface area (Å²) >= 11 is 0. The van der Waals surface area contributed by atoms with Crippen LogP contribution in [0.2, 0.25) is 0 Å². The molecule has 0 aliphatic rings. The van der Waals surface area contributed by atoms with E-state index in [0.717, 1.165) is 6.42 Å². The van der Waals surface area contributed by atoms with Gasteiger partial charge in [-0.3, -0.25) is 4.57 Å². The van der Waals surface area contributed by atoms with Gasteiger partial charge in [-0.25, -0.2) is 0 Å². The van der Waals surface area contributed by atoms with Gasteiger partial charge in [0.2, 0.25) is 7.37 Å². The summed E-state index contributed by atoms with van der Waals surface area (Å²) in [5.74, 6) is 0. The second-order valence-electron chi connectivity index (χ2n) is 7.39. The van der Waals surface area contributed by atoms with Crippen LogP contribution in [0.4, 0.5) is 0 Å². The van der Waals surface area contributed by atoms with E-state index >= 15 is 0 Å². The van der Waals surface area contributed by atoms with Crippen LogP contribution in [0.3, 0.4) is 0 Å². The lowest BCUT2D eigenvalue weighted by Crippen LogP contribution is -2.16. The summed E-state index contributed by atoms with van der Waals surface area (Å²) in [5, 5.41) is -0.231. The summed E-state index contributed by atoms with van der Waals surface area (Å²) in [4.78, 5) is 0. The molecule has 0 rings (SSSR count). The van der Waals surface area contributed by atoms with Gasteiger partial charge in [0, 0.05) is 11.8 Å². The third kappa shape index (κ3) is 11.4. The first kappa shape index (κ1) is 21.2. The van der Waals surface area contributed by atoms with Gasteiger partial charge in [-0.1, -0.05) is 91.9 Å². The number of unbranched alkanes of at least 4 members (excludes halogenated alkanes) is 10. The summed E-state index contributed by atoms with van der Waals surface area (Å²) in [5.41, 5.74) is 0. The highest BCUT2D eigenvalue weighted by Gasteiger charge is 2.32. The highest BCUT2D eigenvalue weighted by atomic mass is 31.2. The summed E-state index contributed by atoms with van der Waals surface area (Å²) in [6.07, 6.45) is 14.6. The van der Waals surface area contributed by atoms with Crippen molar-refractivity contribution in [2.24, 2.45) is 0 Å². The zero-order valence-corrected chi connectivity index (χ0v) is 16.1. The van der Waals surface area contributed by atoms with Crippen LogP contribution in [0, 0.1) is 0 Å². The molecule has 128 valence electrons. The summed E-state index contributed by atoms with van der Waals surface area (Å²) in [6.45, 7) is 10.7. The van der Waals surface area contributed by atoms with Crippen molar-refractivity contribution < 1.29 is 9.09 Å². The average Bonchev–Trinajstić information content (AvgIpc) is 2.38. The molecule has 3 heteroatoms. The first-order valence-electron chi connectivity index (χ1n) is 9.03. The van der Waals surface area contributed by atoms with Crippen molar-refractivity contribution in [2.75, 3.05) is 13.3 Å². The molecule has 0 aliphatic carbocycles. The van der Waals surface area contributed by atoms with E-state index in [9.17, 15) is 4.57 Å². The van der Waals surface area contributed by atoms with Gasteiger partial charge >= 0.3 is 0 Å². The van der Waals surface area contributed by atoms with Crippen molar-refractivity contribution in [1.29, 1.82) is 0 Å². The van der Waals surface area contributed by atoms with E-state index in [1.165, 1.54) is 64.2 Å². The molecule has 0 N–H and O–H groups in total. The normalized spacial score (nSPS) is 15.1. The lowest BCUT2D eigenvalue weighted by atomic mass is 10.1. The Bertz CT molecular complexity index is 281. The van der Waals surface area contributed by atoms with Crippen LogP contribution < -0.4 is 0 Å². The van der Waals surface area contributed by atoms with Crippen LogP contribution in [0.5, 0.6) is 0 Å². The standard InChI is InChI=1S/C18H39O2P/c1-6-7-8-9-10-11-12-13-14-15-16-17-20-21(5,19)18(2,3)4/h6-17H2,1-5H3. The van der Waals surface area contributed by atoms with Gasteiger partial charge in [-0.15, -0.1) is 0 Å². The van der Waals surface area contributed by atoms with Crippen molar-refractivity contribution in [3.63, 3.8) is 0 Å². The van der Waals surface area contributed by atoms with E-state index in [0.29, 0.717) is 6.61 Å². The maximum absolute atomic E-state index is 12.3. The molecule has 0 spiro atoms. The molecule has 0 aromatic heterocycles. The molecule has 0 fully saturated rings. The van der Waals surface area contributed by atoms with Gasteiger partial charge in [0.25, 0.3) is 0 Å². The molecule has 0 bridgehead atoms. The van der Waals surface area contributed by atoms with Gasteiger partial charge in [-0.05, 0) is 6.42 Å². The molecule has 0 aromatic carbocycles. The van der Waals surface area contributed by atoms with Crippen molar-refractivity contribution in [2.45, 2.75) is 103 Å². The largest absolute Gasteiger partial charge is 0.328 e. The van der Waals surface area contributed by atoms with Crippen LogP contribution in [0.1, 0.15) is 98.3 Å². The summed E-state index contributed by atoms with van der Waals surface area (Å²) in [6, 6.07) is 0. The van der Waals surface area contributed by atoms with E-state index in [1.54, 1.807) is 6.66 Å². The number of hydrogen-bond acceptors (Lipinski definition) is 2. The Balaban J connectivity index is 3.32. The molecule has 1 atom stereocenters. The maximum atomic E-state index is 12.3. The van der Waals surface area contributed by atoms with Crippen molar-refractivity contribution in [3.8, 4) is 0 Å². The Labute approximate surface area is 133 Å². The van der Waals surface area contributed by atoms with E-state index < -0.39 is 7.37 Å². The third-order valence-corrected chi connectivity index (χ3v) is 7.42. The van der Waals surface area contributed by atoms with Crippen LogP contribution in [-0.2, 0) is 9.09 Å². The molecule has 0 aliphatic heterocycles. The van der Waals surface area contributed by atoms with Crippen molar-refractivity contribution in [1.82, 2.24) is 0 Å². The van der Waals surface area contributed by atoms with Crippen LogP contribution in [0.25, 0.3) is 0 Å². The molecule has 21 heavy (non-hydrogen) atoms. The third-order valence-electron chi connectivity index (χ3n) is 4.30. The van der Waals surface area contributed by atoms with Crippen LogP contribution in [-0.4, -0.2) is 18.4 Å². The van der Waals surface area contributed by atoms with Gasteiger partial charge in [0.1, 0.15) is 0 Å². The minimum absolute atomic E-state index is 0.231. The maximum Gasteiger partial charge on any atom is 0.205 e. The Morgan fingerprint density at radius 2 is 1.14 bits per heavy atom. The Morgan fingerprint density at radius 1 is 0.762 bits per heavy atom. The fraction of sp³-hybridized carbons (Fsp3) is 1.00. The number of rotatable bonds is 13. The van der Waals surface area contributed by atoms with E-state index in [2.05, 4.69) is 6.92 Å². The fourth-order valence-corrected chi connectivity index (χ4v) is 3.06. The smallest absolute Gasteiger partial charge is 0.205 e. The molecular formula is C18H39O2P. The van der Waals surface area contributed by atoms with Gasteiger partial charge in [-0.2, -0.15) is 0 Å². The molecular weight excluding hydrogens is 279 g/mol. The monoisotopic (exact) mass is 318 g/mol. The highest BCUT2D eigenvalue weighted by molar-refractivity contribution is 7.59. The van der Waals surface area contributed by atoms with Crippen LogP contribution >= 0.6 is 7.37 Å². The summed E-state index contributed by atoms with van der Waals surface area (Å²) in [7, 11) is -2.46. The molecule has 0 radical (unpaired) electrons. The Morgan fingerprint density at radius 3 is 1.52 bits per heavy atom. The number of hydrogen-bond donors (Lipinski definition) is 0. The minimum Gasteiger partial charge on any atom is -0.328 e. The summed E-state index contributed by atoms with van der Waals surface area (Å²) < 4.78 is 17.9. The minimum atomic E-state index is -2.46. The molecule has 1 unspecified atom stereocenters. The van der Waals surface area contributed by atoms with Gasteiger partial charge < -0.3 is 4.52 Å². The first-order valence-corrected chi connectivity index (χ1v) is 11.1. The Kier molecular flexibility index (Phi) is 11.8. The fourth-order valence-electron chi connectivity index (χ4n) is 2.20. The molecule has 0 saturated carbocycles. The quantitative estimate of drug-likeness (QED) is 0.269. The average molecular weight is 318 g/mol.